The predicted molar refractivity (Wildman–Crippen MR) is 87.9 cm³/mol. The van der Waals surface area contributed by atoms with E-state index in [1.165, 1.54) is 5.56 Å². The minimum Gasteiger partial charge on any atom is -0.391 e. The quantitative estimate of drug-likeness (QED) is 0.947. The zero-order valence-electron chi connectivity index (χ0n) is 12.9. The summed E-state index contributed by atoms with van der Waals surface area (Å²) >= 11 is 1.58. The molecular weight excluding hydrogens is 296 g/mol. The molecule has 3 rings (SSSR count). The van der Waals surface area contributed by atoms with E-state index >= 15 is 0 Å². The molecule has 22 heavy (non-hydrogen) atoms. The van der Waals surface area contributed by atoms with Gasteiger partial charge in [-0.1, -0.05) is 29.8 Å². The fraction of sp³-hybridized carbons (Fsp3) is 0.412. The Labute approximate surface area is 134 Å². The lowest BCUT2D eigenvalue weighted by Crippen LogP contribution is -2.30. The molecule has 1 fully saturated rings. The molecule has 1 aromatic carbocycles. The zero-order chi connectivity index (χ0) is 15.7. The first kappa shape index (κ1) is 15.2. The highest BCUT2D eigenvalue weighted by molar-refractivity contribution is 7.12. The van der Waals surface area contributed by atoms with Gasteiger partial charge in [0.1, 0.15) is 0 Å². The standard InChI is InChI=1S/C17H20N2O2S/c1-11-3-5-13(6-4-11)17-15(22-12(2)18-17)9-16(21)19-8-7-14(20)10-19/h3-6,14,20H,7-10H2,1-2H3/t14-/m1/s1. The Morgan fingerprint density at radius 1 is 1.36 bits per heavy atom. The van der Waals surface area contributed by atoms with Gasteiger partial charge in [0.05, 0.1) is 23.2 Å². The van der Waals surface area contributed by atoms with E-state index in [0.717, 1.165) is 21.1 Å². The summed E-state index contributed by atoms with van der Waals surface area (Å²) in [5.41, 5.74) is 3.18. The van der Waals surface area contributed by atoms with Crippen LogP contribution >= 0.6 is 11.3 Å². The van der Waals surface area contributed by atoms with Crippen LogP contribution in [-0.2, 0) is 11.2 Å². The fourth-order valence-corrected chi connectivity index (χ4v) is 3.69. The average Bonchev–Trinajstić information content (AvgIpc) is 3.06. The molecule has 1 amide bonds. The number of aromatic nitrogens is 1. The van der Waals surface area contributed by atoms with Crippen molar-refractivity contribution in [3.8, 4) is 11.3 Å². The lowest BCUT2D eigenvalue weighted by Gasteiger charge is -2.15. The van der Waals surface area contributed by atoms with Crippen LogP contribution < -0.4 is 0 Å². The number of aliphatic hydroxyl groups is 1. The predicted octanol–water partition coefficient (Wildman–Crippen LogP) is 2.56. The number of hydrogen-bond donors (Lipinski definition) is 1. The normalized spacial score (nSPS) is 18.0. The Kier molecular flexibility index (Phi) is 4.27. The first-order chi connectivity index (χ1) is 10.5. The van der Waals surface area contributed by atoms with Crippen LogP contribution in [-0.4, -0.2) is 40.1 Å². The van der Waals surface area contributed by atoms with Crippen LogP contribution in [0.25, 0.3) is 11.3 Å². The summed E-state index contributed by atoms with van der Waals surface area (Å²) < 4.78 is 0. The van der Waals surface area contributed by atoms with Crippen LogP contribution in [0.3, 0.4) is 0 Å². The highest BCUT2D eigenvalue weighted by Gasteiger charge is 2.26. The van der Waals surface area contributed by atoms with Crippen LogP contribution in [0.5, 0.6) is 0 Å². The van der Waals surface area contributed by atoms with Gasteiger partial charge in [0, 0.05) is 23.5 Å². The van der Waals surface area contributed by atoms with E-state index < -0.39 is 0 Å². The number of hydrogen-bond acceptors (Lipinski definition) is 4. The first-order valence-electron chi connectivity index (χ1n) is 7.52. The van der Waals surface area contributed by atoms with E-state index in [2.05, 4.69) is 36.2 Å². The number of aliphatic hydroxyl groups excluding tert-OH is 1. The maximum absolute atomic E-state index is 12.4. The highest BCUT2D eigenvalue weighted by Crippen LogP contribution is 2.29. The number of amides is 1. The summed E-state index contributed by atoms with van der Waals surface area (Å²) in [7, 11) is 0. The fourth-order valence-electron chi connectivity index (χ4n) is 2.74. The van der Waals surface area contributed by atoms with Gasteiger partial charge < -0.3 is 10.0 Å². The molecule has 0 bridgehead atoms. The van der Waals surface area contributed by atoms with Gasteiger partial charge in [0.2, 0.25) is 5.91 Å². The summed E-state index contributed by atoms with van der Waals surface area (Å²) in [5.74, 6) is 0.0774. The summed E-state index contributed by atoms with van der Waals surface area (Å²) in [6.45, 7) is 5.13. The van der Waals surface area contributed by atoms with Crippen molar-refractivity contribution in [3.05, 3.63) is 39.7 Å². The van der Waals surface area contributed by atoms with E-state index in [0.29, 0.717) is 25.9 Å². The molecule has 116 valence electrons. The number of nitrogens with zero attached hydrogens (tertiary/aromatic N) is 2. The molecule has 0 aliphatic carbocycles. The molecular formula is C17H20N2O2S. The smallest absolute Gasteiger partial charge is 0.227 e. The monoisotopic (exact) mass is 316 g/mol. The summed E-state index contributed by atoms with van der Waals surface area (Å²) in [5, 5.41) is 10.5. The van der Waals surface area contributed by atoms with Gasteiger partial charge >= 0.3 is 0 Å². The lowest BCUT2D eigenvalue weighted by molar-refractivity contribution is -0.129. The van der Waals surface area contributed by atoms with Crippen molar-refractivity contribution in [2.75, 3.05) is 13.1 Å². The Morgan fingerprint density at radius 3 is 2.73 bits per heavy atom. The summed E-state index contributed by atoms with van der Waals surface area (Å²) in [4.78, 5) is 19.8. The number of benzene rings is 1. The van der Waals surface area contributed by atoms with E-state index in [1.54, 1.807) is 16.2 Å². The molecule has 4 nitrogen and oxygen atoms in total. The van der Waals surface area contributed by atoms with Gasteiger partial charge in [-0.25, -0.2) is 4.98 Å². The molecule has 2 heterocycles. The third kappa shape index (κ3) is 3.20. The van der Waals surface area contributed by atoms with Gasteiger partial charge in [-0.15, -0.1) is 11.3 Å². The minimum absolute atomic E-state index is 0.0774. The molecule has 0 spiro atoms. The second-order valence-corrected chi connectivity index (χ2v) is 7.12. The third-order valence-electron chi connectivity index (χ3n) is 3.96. The van der Waals surface area contributed by atoms with Crippen molar-refractivity contribution in [3.63, 3.8) is 0 Å². The van der Waals surface area contributed by atoms with Crippen molar-refractivity contribution in [1.29, 1.82) is 0 Å². The summed E-state index contributed by atoms with van der Waals surface area (Å²) in [6, 6.07) is 8.23. The maximum atomic E-state index is 12.4. The lowest BCUT2D eigenvalue weighted by atomic mass is 10.1. The van der Waals surface area contributed by atoms with Crippen molar-refractivity contribution in [2.24, 2.45) is 0 Å². The Balaban J connectivity index is 1.82. The largest absolute Gasteiger partial charge is 0.391 e. The van der Waals surface area contributed by atoms with E-state index in [1.807, 2.05) is 6.92 Å². The molecule has 2 aromatic rings. The Bertz CT molecular complexity index is 678. The third-order valence-corrected chi connectivity index (χ3v) is 4.93. The molecule has 1 aliphatic rings. The van der Waals surface area contributed by atoms with Crippen molar-refractivity contribution in [1.82, 2.24) is 9.88 Å². The van der Waals surface area contributed by atoms with E-state index in [-0.39, 0.29) is 12.0 Å². The van der Waals surface area contributed by atoms with Crippen LogP contribution in [0.2, 0.25) is 0 Å². The molecule has 1 saturated heterocycles. The molecule has 5 heteroatoms. The molecule has 1 atom stereocenters. The highest BCUT2D eigenvalue weighted by atomic mass is 32.1. The number of carbonyl (C=O) groups excluding carboxylic acids is 1. The molecule has 1 aromatic heterocycles. The van der Waals surface area contributed by atoms with Crippen molar-refractivity contribution in [2.45, 2.75) is 32.8 Å². The molecule has 0 unspecified atom stereocenters. The van der Waals surface area contributed by atoms with Gasteiger partial charge in [0.15, 0.2) is 0 Å². The average molecular weight is 316 g/mol. The van der Waals surface area contributed by atoms with Crippen LogP contribution in [0.4, 0.5) is 0 Å². The SMILES string of the molecule is Cc1ccc(-c2nc(C)sc2CC(=O)N2CC[C@@H](O)C2)cc1. The molecule has 0 radical (unpaired) electrons. The minimum atomic E-state index is -0.372. The maximum Gasteiger partial charge on any atom is 0.227 e. The summed E-state index contributed by atoms with van der Waals surface area (Å²) in [6.07, 6.45) is 0.670. The number of aryl methyl sites for hydroxylation is 2. The van der Waals surface area contributed by atoms with Gasteiger partial charge in [-0.2, -0.15) is 0 Å². The Hall–Kier alpha value is -1.72. The van der Waals surface area contributed by atoms with Gasteiger partial charge in [-0.3, -0.25) is 4.79 Å². The van der Waals surface area contributed by atoms with Gasteiger partial charge in [-0.05, 0) is 20.3 Å². The Morgan fingerprint density at radius 2 is 2.09 bits per heavy atom. The number of β-amino-alcohol motifs (C(OH)–C–C–N with tert-alkyl or cyclic N) is 1. The number of likely N-dealkylation sites (tertiary alicyclic amines) is 1. The van der Waals surface area contributed by atoms with Crippen LogP contribution in [0.15, 0.2) is 24.3 Å². The van der Waals surface area contributed by atoms with E-state index in [4.69, 9.17) is 0 Å². The second-order valence-electron chi connectivity index (χ2n) is 5.83. The van der Waals surface area contributed by atoms with Crippen molar-refractivity contribution >= 4 is 17.2 Å². The second kappa shape index (κ2) is 6.18. The molecule has 1 aliphatic heterocycles. The topological polar surface area (TPSA) is 53.4 Å². The van der Waals surface area contributed by atoms with Crippen LogP contribution in [0, 0.1) is 13.8 Å². The van der Waals surface area contributed by atoms with E-state index in [9.17, 15) is 9.90 Å². The number of rotatable bonds is 3. The first-order valence-corrected chi connectivity index (χ1v) is 8.34. The number of carbonyl (C=O) groups is 1. The van der Waals surface area contributed by atoms with Gasteiger partial charge in [0.25, 0.3) is 0 Å². The number of thiazole rings is 1. The van der Waals surface area contributed by atoms with Crippen molar-refractivity contribution < 1.29 is 9.90 Å². The molecule has 0 saturated carbocycles. The van der Waals surface area contributed by atoms with Crippen LogP contribution in [0.1, 0.15) is 21.9 Å². The zero-order valence-corrected chi connectivity index (χ0v) is 13.7. The molecule has 1 N–H and O–H groups in total.